The SMILES string of the molecule is O=C(Nc1cc2ccccc2cc1Br)c1ccccc1. The Labute approximate surface area is 125 Å². The number of fused-ring (bicyclic) bond motifs is 1. The van der Waals surface area contributed by atoms with Crippen LogP contribution in [0.2, 0.25) is 0 Å². The summed E-state index contributed by atoms with van der Waals surface area (Å²) in [5.74, 6) is -0.110. The van der Waals surface area contributed by atoms with Gasteiger partial charge in [0.05, 0.1) is 5.69 Å². The Morgan fingerprint density at radius 1 is 0.850 bits per heavy atom. The molecule has 0 bridgehead atoms. The van der Waals surface area contributed by atoms with Gasteiger partial charge in [-0.1, -0.05) is 42.5 Å². The van der Waals surface area contributed by atoms with Crippen molar-refractivity contribution in [3.63, 3.8) is 0 Å². The number of halogens is 1. The Kier molecular flexibility index (Phi) is 3.52. The Bertz CT molecular complexity index is 768. The Morgan fingerprint density at radius 3 is 2.15 bits per heavy atom. The molecule has 0 aliphatic carbocycles. The molecule has 0 saturated carbocycles. The van der Waals surface area contributed by atoms with Gasteiger partial charge in [0.25, 0.3) is 5.91 Å². The van der Waals surface area contributed by atoms with Gasteiger partial charge in [0.1, 0.15) is 0 Å². The van der Waals surface area contributed by atoms with Crippen LogP contribution < -0.4 is 5.32 Å². The normalized spacial score (nSPS) is 10.4. The minimum absolute atomic E-state index is 0.110. The van der Waals surface area contributed by atoms with Crippen LogP contribution in [-0.2, 0) is 0 Å². The van der Waals surface area contributed by atoms with E-state index in [4.69, 9.17) is 0 Å². The molecule has 1 amide bonds. The van der Waals surface area contributed by atoms with Crippen molar-refractivity contribution < 1.29 is 4.79 Å². The van der Waals surface area contributed by atoms with Gasteiger partial charge in [0.15, 0.2) is 0 Å². The van der Waals surface area contributed by atoms with Crippen LogP contribution in [0.5, 0.6) is 0 Å². The molecule has 0 heterocycles. The number of carbonyl (C=O) groups is 1. The number of carbonyl (C=O) groups excluding carboxylic acids is 1. The second kappa shape index (κ2) is 5.47. The van der Waals surface area contributed by atoms with Gasteiger partial charge in [-0.15, -0.1) is 0 Å². The maximum atomic E-state index is 12.2. The molecule has 0 fully saturated rings. The van der Waals surface area contributed by atoms with Gasteiger partial charge in [0, 0.05) is 10.0 Å². The molecule has 1 N–H and O–H groups in total. The number of benzene rings is 3. The Hall–Kier alpha value is -2.13. The molecule has 2 nitrogen and oxygen atoms in total. The van der Waals surface area contributed by atoms with E-state index in [1.807, 2.05) is 54.6 Å². The van der Waals surface area contributed by atoms with Gasteiger partial charge in [-0.3, -0.25) is 4.79 Å². The zero-order valence-electron chi connectivity index (χ0n) is 10.6. The van der Waals surface area contributed by atoms with Crippen molar-refractivity contribution in [1.82, 2.24) is 0 Å². The van der Waals surface area contributed by atoms with E-state index in [1.165, 1.54) is 0 Å². The third kappa shape index (κ3) is 2.58. The molecular formula is C17H12BrNO. The summed E-state index contributed by atoms with van der Waals surface area (Å²) < 4.78 is 0.875. The molecule has 0 saturated heterocycles. The van der Waals surface area contributed by atoms with Crippen molar-refractivity contribution >= 4 is 38.3 Å². The van der Waals surface area contributed by atoms with E-state index in [1.54, 1.807) is 12.1 Å². The van der Waals surface area contributed by atoms with Gasteiger partial charge < -0.3 is 5.32 Å². The first kappa shape index (κ1) is 12.9. The van der Waals surface area contributed by atoms with Crippen LogP contribution in [0.1, 0.15) is 10.4 Å². The number of hydrogen-bond acceptors (Lipinski definition) is 1. The summed E-state index contributed by atoms with van der Waals surface area (Å²) in [4.78, 5) is 12.2. The third-order valence-electron chi connectivity index (χ3n) is 3.12. The zero-order chi connectivity index (χ0) is 13.9. The number of nitrogens with one attached hydrogen (secondary N) is 1. The van der Waals surface area contributed by atoms with Crippen LogP contribution in [0.25, 0.3) is 10.8 Å². The standard InChI is InChI=1S/C17H12BrNO/c18-15-10-13-8-4-5-9-14(13)11-16(15)19-17(20)12-6-2-1-3-7-12/h1-11H,(H,19,20). The summed E-state index contributed by atoms with van der Waals surface area (Å²) in [6.45, 7) is 0. The van der Waals surface area contributed by atoms with Crippen molar-refractivity contribution in [2.75, 3.05) is 5.32 Å². The number of amides is 1. The van der Waals surface area contributed by atoms with Gasteiger partial charge in [0.2, 0.25) is 0 Å². The van der Waals surface area contributed by atoms with Crippen LogP contribution in [0, 0.1) is 0 Å². The molecule has 3 rings (SSSR count). The fourth-order valence-electron chi connectivity index (χ4n) is 2.09. The molecule has 0 aliphatic rings. The molecule has 0 atom stereocenters. The molecule has 0 aromatic heterocycles. The summed E-state index contributed by atoms with van der Waals surface area (Å²) in [6.07, 6.45) is 0. The molecule has 20 heavy (non-hydrogen) atoms. The highest BCUT2D eigenvalue weighted by molar-refractivity contribution is 9.10. The van der Waals surface area contributed by atoms with Crippen molar-refractivity contribution in [2.45, 2.75) is 0 Å². The molecule has 3 heteroatoms. The van der Waals surface area contributed by atoms with E-state index in [9.17, 15) is 4.79 Å². The first-order chi connectivity index (χ1) is 9.74. The fourth-order valence-corrected chi connectivity index (χ4v) is 2.55. The lowest BCUT2D eigenvalue weighted by Gasteiger charge is -2.09. The number of rotatable bonds is 2. The largest absolute Gasteiger partial charge is 0.321 e. The molecule has 3 aromatic carbocycles. The molecule has 0 unspecified atom stereocenters. The molecule has 98 valence electrons. The first-order valence-electron chi connectivity index (χ1n) is 6.29. The quantitative estimate of drug-likeness (QED) is 0.716. The predicted octanol–water partition coefficient (Wildman–Crippen LogP) is 4.85. The number of anilines is 1. The Morgan fingerprint density at radius 2 is 1.45 bits per heavy atom. The number of hydrogen-bond donors (Lipinski definition) is 1. The Balaban J connectivity index is 1.95. The highest BCUT2D eigenvalue weighted by Gasteiger charge is 2.08. The van der Waals surface area contributed by atoms with Crippen molar-refractivity contribution in [3.8, 4) is 0 Å². The van der Waals surface area contributed by atoms with Gasteiger partial charge in [-0.2, -0.15) is 0 Å². The topological polar surface area (TPSA) is 29.1 Å². The molecule has 0 aliphatic heterocycles. The van der Waals surface area contributed by atoms with Crippen LogP contribution in [0.4, 0.5) is 5.69 Å². The van der Waals surface area contributed by atoms with E-state index >= 15 is 0 Å². The summed E-state index contributed by atoms with van der Waals surface area (Å²) in [5.41, 5.74) is 1.42. The highest BCUT2D eigenvalue weighted by atomic mass is 79.9. The molecule has 3 aromatic rings. The highest BCUT2D eigenvalue weighted by Crippen LogP contribution is 2.28. The molecular weight excluding hydrogens is 314 g/mol. The van der Waals surface area contributed by atoms with Gasteiger partial charge in [-0.25, -0.2) is 0 Å². The lowest BCUT2D eigenvalue weighted by atomic mass is 10.1. The van der Waals surface area contributed by atoms with Crippen LogP contribution in [-0.4, -0.2) is 5.91 Å². The van der Waals surface area contributed by atoms with Gasteiger partial charge >= 0.3 is 0 Å². The zero-order valence-corrected chi connectivity index (χ0v) is 12.2. The van der Waals surface area contributed by atoms with Crippen LogP contribution in [0.15, 0.2) is 71.2 Å². The van der Waals surface area contributed by atoms with E-state index < -0.39 is 0 Å². The minimum atomic E-state index is -0.110. The molecule has 0 spiro atoms. The van der Waals surface area contributed by atoms with E-state index in [2.05, 4.69) is 21.2 Å². The minimum Gasteiger partial charge on any atom is -0.321 e. The second-order valence-electron chi connectivity index (χ2n) is 4.50. The van der Waals surface area contributed by atoms with E-state index in [0.29, 0.717) is 5.56 Å². The van der Waals surface area contributed by atoms with E-state index in [-0.39, 0.29) is 5.91 Å². The van der Waals surface area contributed by atoms with Crippen molar-refractivity contribution in [2.24, 2.45) is 0 Å². The van der Waals surface area contributed by atoms with Gasteiger partial charge in [-0.05, 0) is 51.0 Å². The maximum absolute atomic E-state index is 12.2. The molecule has 0 radical (unpaired) electrons. The lowest BCUT2D eigenvalue weighted by molar-refractivity contribution is 0.102. The van der Waals surface area contributed by atoms with E-state index in [0.717, 1.165) is 20.9 Å². The summed E-state index contributed by atoms with van der Waals surface area (Å²) in [7, 11) is 0. The fraction of sp³-hybridized carbons (Fsp3) is 0. The first-order valence-corrected chi connectivity index (χ1v) is 7.08. The average Bonchev–Trinajstić information content (AvgIpc) is 2.49. The third-order valence-corrected chi connectivity index (χ3v) is 3.78. The maximum Gasteiger partial charge on any atom is 0.255 e. The van der Waals surface area contributed by atoms with Crippen LogP contribution >= 0.6 is 15.9 Å². The average molecular weight is 326 g/mol. The smallest absolute Gasteiger partial charge is 0.255 e. The van der Waals surface area contributed by atoms with Crippen molar-refractivity contribution in [3.05, 3.63) is 76.8 Å². The predicted molar refractivity (Wildman–Crippen MR) is 86.0 cm³/mol. The summed E-state index contributed by atoms with van der Waals surface area (Å²) in [5, 5.41) is 5.17. The monoisotopic (exact) mass is 325 g/mol. The summed E-state index contributed by atoms with van der Waals surface area (Å²) in [6, 6.07) is 21.2. The summed E-state index contributed by atoms with van der Waals surface area (Å²) >= 11 is 3.50. The lowest BCUT2D eigenvalue weighted by Crippen LogP contribution is -2.12. The second-order valence-corrected chi connectivity index (χ2v) is 5.35. The van der Waals surface area contributed by atoms with Crippen LogP contribution in [0.3, 0.4) is 0 Å². The van der Waals surface area contributed by atoms with Crippen molar-refractivity contribution in [1.29, 1.82) is 0 Å².